The quantitative estimate of drug-likeness (QED) is 0.512. The van der Waals surface area contributed by atoms with E-state index in [0.29, 0.717) is 18.8 Å². The van der Waals surface area contributed by atoms with Crippen molar-refractivity contribution in [3.8, 4) is 0 Å². The number of rotatable bonds is 7. The van der Waals surface area contributed by atoms with Crippen LogP contribution in [0.4, 0.5) is 11.4 Å². The fourth-order valence-corrected chi connectivity index (χ4v) is 3.18. The fourth-order valence-electron chi connectivity index (χ4n) is 2.99. The summed E-state index contributed by atoms with van der Waals surface area (Å²) in [6.45, 7) is 1.54. The molecule has 1 heterocycles. The minimum absolute atomic E-state index is 0. The Balaban J connectivity index is 0.00000364. The number of benzene rings is 1. The van der Waals surface area contributed by atoms with Crippen molar-refractivity contribution in [3.05, 3.63) is 33.3 Å². The second-order valence-corrected chi connectivity index (χ2v) is 6.69. The topological polar surface area (TPSA) is 116 Å². The van der Waals surface area contributed by atoms with Crippen LogP contribution in [0.3, 0.4) is 0 Å². The van der Waals surface area contributed by atoms with E-state index in [2.05, 4.69) is 5.32 Å². The van der Waals surface area contributed by atoms with Crippen LogP contribution in [0.25, 0.3) is 0 Å². The lowest BCUT2D eigenvalue weighted by atomic mass is 10.0. The second-order valence-electron chi connectivity index (χ2n) is 6.29. The van der Waals surface area contributed by atoms with Crippen molar-refractivity contribution in [3.63, 3.8) is 0 Å². The molecule has 1 saturated heterocycles. The number of hydrogen-bond acceptors (Lipinski definition) is 6. The lowest BCUT2D eigenvalue weighted by Crippen LogP contribution is -2.46. The van der Waals surface area contributed by atoms with E-state index in [1.165, 1.54) is 18.2 Å². The molecule has 1 aromatic rings. The van der Waals surface area contributed by atoms with E-state index in [1.807, 2.05) is 9.80 Å². The van der Waals surface area contributed by atoms with Crippen molar-refractivity contribution in [1.82, 2.24) is 9.80 Å². The summed E-state index contributed by atoms with van der Waals surface area (Å²) in [5.41, 5.74) is 0.0638. The third-order valence-electron chi connectivity index (χ3n) is 4.36. The normalized spacial score (nSPS) is 15.2. The molecular formula is C16H22Cl2N4O5. The van der Waals surface area contributed by atoms with Crippen LogP contribution in [0, 0.1) is 10.1 Å². The molecule has 0 radical (unpaired) electrons. The van der Waals surface area contributed by atoms with E-state index in [1.54, 1.807) is 7.05 Å². The molecule has 0 aliphatic carbocycles. The third kappa shape index (κ3) is 6.94. The van der Waals surface area contributed by atoms with Crippen molar-refractivity contribution in [2.75, 3.05) is 38.5 Å². The van der Waals surface area contributed by atoms with Gasteiger partial charge in [-0.05, 0) is 32.0 Å². The molecule has 1 aliphatic heterocycles. The Morgan fingerprint density at radius 1 is 1.41 bits per heavy atom. The van der Waals surface area contributed by atoms with E-state index in [4.69, 9.17) is 16.7 Å². The third-order valence-corrected chi connectivity index (χ3v) is 4.68. The van der Waals surface area contributed by atoms with Gasteiger partial charge in [0.25, 0.3) is 5.69 Å². The van der Waals surface area contributed by atoms with Crippen LogP contribution in [0.2, 0.25) is 5.02 Å². The Hall–Kier alpha value is -1.94. The summed E-state index contributed by atoms with van der Waals surface area (Å²) < 4.78 is 0. The predicted octanol–water partition coefficient (Wildman–Crippen LogP) is 2.09. The highest BCUT2D eigenvalue weighted by atomic mass is 35.5. The van der Waals surface area contributed by atoms with Crippen molar-refractivity contribution in [2.24, 2.45) is 0 Å². The number of carbonyl (C=O) groups excluding carboxylic acids is 1. The summed E-state index contributed by atoms with van der Waals surface area (Å²) in [5.74, 6) is -1.12. The van der Waals surface area contributed by atoms with Gasteiger partial charge in [0.1, 0.15) is 5.02 Å². The highest BCUT2D eigenvalue weighted by molar-refractivity contribution is 6.32. The summed E-state index contributed by atoms with van der Waals surface area (Å²) in [5, 5.41) is 22.4. The average Bonchev–Trinajstić information content (AvgIpc) is 2.56. The molecule has 27 heavy (non-hydrogen) atoms. The molecular weight excluding hydrogens is 399 g/mol. The zero-order chi connectivity index (χ0) is 19.3. The van der Waals surface area contributed by atoms with Gasteiger partial charge in [0.2, 0.25) is 5.91 Å². The summed E-state index contributed by atoms with van der Waals surface area (Å²) in [7, 11) is 1.79. The molecule has 1 aromatic carbocycles. The van der Waals surface area contributed by atoms with Gasteiger partial charge >= 0.3 is 5.97 Å². The van der Waals surface area contributed by atoms with E-state index in [9.17, 15) is 19.7 Å². The number of carbonyl (C=O) groups is 2. The SMILES string of the molecule is CN(CC(=O)O)C1CCN(CC(=O)Nc2ccc(Cl)c([N+](=O)[O-])c2)CC1.Cl. The van der Waals surface area contributed by atoms with E-state index in [0.717, 1.165) is 12.8 Å². The zero-order valence-corrected chi connectivity index (χ0v) is 16.3. The van der Waals surface area contributed by atoms with Gasteiger partial charge < -0.3 is 10.4 Å². The minimum Gasteiger partial charge on any atom is -0.480 e. The first-order chi connectivity index (χ1) is 12.3. The molecule has 150 valence electrons. The number of amides is 1. The Kier molecular flexibility index (Phi) is 8.91. The van der Waals surface area contributed by atoms with Crippen LogP contribution >= 0.6 is 24.0 Å². The Morgan fingerprint density at radius 2 is 2.04 bits per heavy atom. The van der Waals surface area contributed by atoms with Crippen LogP contribution < -0.4 is 5.32 Å². The second kappa shape index (κ2) is 10.4. The van der Waals surface area contributed by atoms with Gasteiger partial charge in [0, 0.05) is 30.9 Å². The molecule has 1 amide bonds. The highest BCUT2D eigenvalue weighted by Crippen LogP contribution is 2.27. The molecule has 0 unspecified atom stereocenters. The first-order valence-electron chi connectivity index (χ1n) is 8.14. The van der Waals surface area contributed by atoms with E-state index in [-0.39, 0.29) is 48.2 Å². The van der Waals surface area contributed by atoms with Crippen molar-refractivity contribution < 1.29 is 19.6 Å². The molecule has 0 aromatic heterocycles. The number of likely N-dealkylation sites (tertiary alicyclic amines) is 1. The van der Waals surface area contributed by atoms with Crippen molar-refractivity contribution in [2.45, 2.75) is 18.9 Å². The number of nitro groups is 1. The van der Waals surface area contributed by atoms with Gasteiger partial charge in [-0.2, -0.15) is 0 Å². The molecule has 0 saturated carbocycles. The number of anilines is 1. The predicted molar refractivity (Wildman–Crippen MR) is 104 cm³/mol. The number of likely N-dealkylation sites (N-methyl/N-ethyl adjacent to an activating group) is 1. The zero-order valence-electron chi connectivity index (χ0n) is 14.8. The number of nitrogens with zero attached hydrogens (tertiary/aromatic N) is 3. The van der Waals surface area contributed by atoms with Crippen LogP contribution in [0.1, 0.15) is 12.8 Å². The average molecular weight is 421 g/mol. The fraction of sp³-hybridized carbons (Fsp3) is 0.500. The number of nitrogens with one attached hydrogen (secondary N) is 1. The van der Waals surface area contributed by atoms with Crippen molar-refractivity contribution in [1.29, 1.82) is 0 Å². The molecule has 0 spiro atoms. The number of piperidine rings is 1. The van der Waals surface area contributed by atoms with E-state index < -0.39 is 10.9 Å². The molecule has 2 rings (SSSR count). The van der Waals surface area contributed by atoms with Gasteiger partial charge in [-0.1, -0.05) is 11.6 Å². The van der Waals surface area contributed by atoms with Crippen LogP contribution in [-0.4, -0.2) is 71.0 Å². The number of carboxylic acids is 1. The molecule has 1 aliphatic rings. The lowest BCUT2D eigenvalue weighted by molar-refractivity contribution is -0.384. The smallest absolute Gasteiger partial charge is 0.317 e. The Morgan fingerprint density at radius 3 is 2.59 bits per heavy atom. The maximum atomic E-state index is 12.2. The van der Waals surface area contributed by atoms with E-state index >= 15 is 0 Å². The highest BCUT2D eigenvalue weighted by Gasteiger charge is 2.24. The first-order valence-corrected chi connectivity index (χ1v) is 8.52. The lowest BCUT2D eigenvalue weighted by Gasteiger charge is -2.35. The molecule has 0 atom stereocenters. The number of nitro benzene ring substituents is 1. The molecule has 0 bridgehead atoms. The van der Waals surface area contributed by atoms with Gasteiger partial charge in [0.05, 0.1) is 18.0 Å². The van der Waals surface area contributed by atoms with Crippen LogP contribution in [-0.2, 0) is 9.59 Å². The van der Waals surface area contributed by atoms with Gasteiger partial charge in [-0.15, -0.1) is 12.4 Å². The van der Waals surface area contributed by atoms with Crippen LogP contribution in [0.5, 0.6) is 0 Å². The number of carboxylic acid groups (broad SMARTS) is 1. The summed E-state index contributed by atoms with van der Waals surface area (Å²) >= 11 is 5.75. The number of halogens is 2. The number of aliphatic carboxylic acids is 1. The van der Waals surface area contributed by atoms with Crippen molar-refractivity contribution >= 4 is 47.3 Å². The summed E-state index contributed by atoms with van der Waals surface area (Å²) in [6.07, 6.45) is 1.56. The standard InChI is InChI=1S/C16H21ClN4O5.ClH/c1-19(10-16(23)24)12-4-6-20(7-5-12)9-15(22)18-11-2-3-13(17)14(8-11)21(25)26;/h2-3,8,12H,4-7,9-10H2,1H3,(H,18,22)(H,23,24);1H. The van der Waals surface area contributed by atoms with Crippen LogP contribution in [0.15, 0.2) is 18.2 Å². The molecule has 11 heteroatoms. The maximum Gasteiger partial charge on any atom is 0.317 e. The Bertz CT molecular complexity index is 695. The largest absolute Gasteiger partial charge is 0.480 e. The molecule has 1 fully saturated rings. The number of hydrogen-bond donors (Lipinski definition) is 2. The van der Waals surface area contributed by atoms with Gasteiger partial charge in [0.15, 0.2) is 0 Å². The summed E-state index contributed by atoms with van der Waals surface area (Å²) in [4.78, 5) is 37.0. The minimum atomic E-state index is -0.855. The summed E-state index contributed by atoms with van der Waals surface area (Å²) in [6, 6.07) is 4.30. The van der Waals surface area contributed by atoms with Gasteiger partial charge in [-0.3, -0.25) is 29.5 Å². The monoisotopic (exact) mass is 420 g/mol. The molecule has 2 N–H and O–H groups in total. The Labute approximate surface area is 167 Å². The van der Waals surface area contributed by atoms with Gasteiger partial charge in [-0.25, -0.2) is 0 Å². The first kappa shape index (κ1) is 23.1. The maximum absolute atomic E-state index is 12.2. The molecule has 9 nitrogen and oxygen atoms in total.